The Morgan fingerprint density at radius 1 is 1.27 bits per heavy atom. The first-order valence-electron chi connectivity index (χ1n) is 4.57. The number of nitrogens with two attached hydrogens (primary N) is 1. The molecule has 6 heteroatoms. The molecule has 78 valence electrons. The van der Waals surface area contributed by atoms with Crippen LogP contribution >= 0.6 is 11.3 Å². The van der Waals surface area contributed by atoms with Crippen molar-refractivity contribution in [3.05, 3.63) is 17.5 Å². The van der Waals surface area contributed by atoms with Gasteiger partial charge in [0.15, 0.2) is 5.82 Å². The molecule has 0 saturated carbocycles. The Morgan fingerprint density at radius 3 is 2.67 bits per heavy atom. The number of hydrogen-bond acceptors (Lipinski definition) is 6. The molecule has 5 nitrogen and oxygen atoms in total. The highest BCUT2D eigenvalue weighted by Crippen LogP contribution is 2.21. The molecule has 2 heterocycles. The van der Waals surface area contributed by atoms with E-state index in [0.717, 1.165) is 4.88 Å². The summed E-state index contributed by atoms with van der Waals surface area (Å²) in [6.45, 7) is 4.04. The highest BCUT2D eigenvalue weighted by molar-refractivity contribution is 7.13. The first kappa shape index (κ1) is 9.97. The second kappa shape index (κ2) is 3.90. The molecule has 0 bridgehead atoms. The lowest BCUT2D eigenvalue weighted by molar-refractivity contribution is 0.767. The van der Waals surface area contributed by atoms with E-state index in [4.69, 9.17) is 5.73 Å². The molecule has 0 aliphatic carbocycles. The molecule has 2 aromatic rings. The maximum Gasteiger partial charge on any atom is 0.223 e. The van der Waals surface area contributed by atoms with Gasteiger partial charge in [-0.3, -0.25) is 4.98 Å². The molecule has 0 spiro atoms. The van der Waals surface area contributed by atoms with E-state index < -0.39 is 0 Å². The first-order valence-corrected chi connectivity index (χ1v) is 5.45. The minimum atomic E-state index is 0.238. The fraction of sp³-hybridized carbons (Fsp3) is 0.333. The summed E-state index contributed by atoms with van der Waals surface area (Å²) in [5.41, 5.74) is 7.37. The number of aromatic nitrogens is 4. The maximum absolute atomic E-state index is 5.63. The van der Waals surface area contributed by atoms with Crippen molar-refractivity contribution in [3.8, 4) is 10.7 Å². The van der Waals surface area contributed by atoms with Crippen LogP contribution in [0.25, 0.3) is 10.7 Å². The van der Waals surface area contributed by atoms with Crippen molar-refractivity contribution in [3.63, 3.8) is 0 Å². The Morgan fingerprint density at radius 2 is 2.07 bits per heavy atom. The van der Waals surface area contributed by atoms with Gasteiger partial charge in [-0.1, -0.05) is 13.8 Å². The molecular formula is C9H11N5S. The van der Waals surface area contributed by atoms with Gasteiger partial charge in [0, 0.05) is 12.1 Å². The largest absolute Gasteiger partial charge is 0.368 e. The fourth-order valence-electron chi connectivity index (χ4n) is 1.10. The van der Waals surface area contributed by atoms with Gasteiger partial charge in [-0.2, -0.15) is 9.97 Å². The zero-order valence-corrected chi connectivity index (χ0v) is 9.32. The number of nitrogen functional groups attached to an aromatic ring is 1. The van der Waals surface area contributed by atoms with E-state index >= 15 is 0 Å². The molecular weight excluding hydrogens is 210 g/mol. The second-order valence-electron chi connectivity index (χ2n) is 3.40. The van der Waals surface area contributed by atoms with Crippen molar-refractivity contribution in [2.75, 3.05) is 5.73 Å². The number of anilines is 1. The summed E-state index contributed by atoms with van der Waals surface area (Å²) >= 11 is 1.49. The van der Waals surface area contributed by atoms with Gasteiger partial charge in [-0.05, 0) is 0 Å². The van der Waals surface area contributed by atoms with Crippen molar-refractivity contribution < 1.29 is 0 Å². The van der Waals surface area contributed by atoms with E-state index in [1.807, 2.05) is 13.8 Å². The molecule has 0 radical (unpaired) electrons. The molecule has 2 N–H and O–H groups in total. The zero-order valence-electron chi connectivity index (χ0n) is 8.51. The predicted octanol–water partition coefficient (Wildman–Crippen LogP) is 1.70. The minimum absolute atomic E-state index is 0.238. The smallest absolute Gasteiger partial charge is 0.223 e. The van der Waals surface area contributed by atoms with Crippen molar-refractivity contribution in [1.29, 1.82) is 0 Å². The second-order valence-corrected chi connectivity index (χ2v) is 4.28. The van der Waals surface area contributed by atoms with Gasteiger partial charge in [0.2, 0.25) is 5.95 Å². The predicted molar refractivity (Wildman–Crippen MR) is 59.4 cm³/mol. The Bertz CT molecular complexity index is 452. The maximum atomic E-state index is 5.63. The Kier molecular flexibility index (Phi) is 2.59. The molecule has 0 fully saturated rings. The lowest BCUT2D eigenvalue weighted by Gasteiger charge is -2.05. The van der Waals surface area contributed by atoms with Crippen LogP contribution in [0.5, 0.6) is 0 Å². The quantitative estimate of drug-likeness (QED) is 0.835. The topological polar surface area (TPSA) is 77.6 Å². The standard InChI is InChI=1S/C9H11N5S/c1-5(2)7-12-8(14-9(10)13-7)6-3-11-4-15-6/h3-5H,1-2H3,(H2,10,12,13,14). The SMILES string of the molecule is CC(C)c1nc(N)nc(-c2cncs2)n1. The van der Waals surface area contributed by atoms with E-state index in [1.165, 1.54) is 11.3 Å². The normalized spacial score (nSPS) is 10.9. The van der Waals surface area contributed by atoms with Gasteiger partial charge in [0.25, 0.3) is 0 Å². The summed E-state index contributed by atoms with van der Waals surface area (Å²) in [6, 6.07) is 0. The van der Waals surface area contributed by atoms with Crippen LogP contribution in [-0.4, -0.2) is 19.9 Å². The number of rotatable bonds is 2. The Hall–Kier alpha value is -1.56. The van der Waals surface area contributed by atoms with Crippen molar-refractivity contribution >= 4 is 17.3 Å². The molecule has 0 aromatic carbocycles. The molecule has 0 saturated heterocycles. The van der Waals surface area contributed by atoms with E-state index in [1.54, 1.807) is 11.7 Å². The van der Waals surface area contributed by atoms with Crippen LogP contribution < -0.4 is 5.73 Å². The summed E-state index contributed by atoms with van der Waals surface area (Å²) in [5, 5.41) is 0. The average Bonchev–Trinajstić information content (AvgIpc) is 2.69. The summed E-state index contributed by atoms with van der Waals surface area (Å²) in [6.07, 6.45) is 1.73. The van der Waals surface area contributed by atoms with Gasteiger partial charge in [-0.15, -0.1) is 11.3 Å². The van der Waals surface area contributed by atoms with Gasteiger partial charge < -0.3 is 5.73 Å². The van der Waals surface area contributed by atoms with Crippen LogP contribution in [-0.2, 0) is 0 Å². The zero-order chi connectivity index (χ0) is 10.8. The summed E-state index contributed by atoms with van der Waals surface area (Å²) in [4.78, 5) is 17.4. The minimum Gasteiger partial charge on any atom is -0.368 e. The first-order chi connectivity index (χ1) is 7.16. The van der Waals surface area contributed by atoms with Gasteiger partial charge in [-0.25, -0.2) is 4.98 Å². The Labute approximate surface area is 91.4 Å². The van der Waals surface area contributed by atoms with Crippen LogP contribution in [0.3, 0.4) is 0 Å². The molecule has 0 aliphatic rings. The lowest BCUT2D eigenvalue weighted by Crippen LogP contribution is -2.05. The molecule has 2 rings (SSSR count). The van der Waals surface area contributed by atoms with Gasteiger partial charge in [0.05, 0.1) is 10.4 Å². The molecule has 15 heavy (non-hydrogen) atoms. The third-order valence-corrected chi connectivity index (χ3v) is 2.61. The van der Waals surface area contributed by atoms with Crippen LogP contribution in [0.2, 0.25) is 0 Å². The van der Waals surface area contributed by atoms with Crippen LogP contribution in [0.1, 0.15) is 25.6 Å². The molecule has 0 unspecified atom stereocenters. The van der Waals surface area contributed by atoms with Gasteiger partial charge >= 0.3 is 0 Å². The number of hydrogen-bond donors (Lipinski definition) is 1. The van der Waals surface area contributed by atoms with Crippen LogP contribution in [0.15, 0.2) is 11.7 Å². The molecule has 0 aliphatic heterocycles. The highest BCUT2D eigenvalue weighted by atomic mass is 32.1. The van der Waals surface area contributed by atoms with Crippen LogP contribution in [0.4, 0.5) is 5.95 Å². The third kappa shape index (κ3) is 2.10. The molecule has 0 atom stereocenters. The van der Waals surface area contributed by atoms with E-state index in [-0.39, 0.29) is 11.9 Å². The summed E-state index contributed by atoms with van der Waals surface area (Å²) < 4.78 is 0. The van der Waals surface area contributed by atoms with Crippen molar-refractivity contribution in [2.24, 2.45) is 0 Å². The Balaban J connectivity index is 2.49. The van der Waals surface area contributed by atoms with E-state index in [0.29, 0.717) is 11.6 Å². The number of thiazole rings is 1. The highest BCUT2D eigenvalue weighted by Gasteiger charge is 2.10. The van der Waals surface area contributed by atoms with Crippen molar-refractivity contribution in [2.45, 2.75) is 19.8 Å². The monoisotopic (exact) mass is 221 g/mol. The molecule has 0 amide bonds. The fourth-order valence-corrected chi connectivity index (χ4v) is 1.66. The third-order valence-electron chi connectivity index (χ3n) is 1.84. The van der Waals surface area contributed by atoms with Crippen molar-refractivity contribution in [1.82, 2.24) is 19.9 Å². The van der Waals surface area contributed by atoms with E-state index in [9.17, 15) is 0 Å². The van der Waals surface area contributed by atoms with Gasteiger partial charge in [0.1, 0.15) is 5.82 Å². The van der Waals surface area contributed by atoms with E-state index in [2.05, 4.69) is 19.9 Å². The van der Waals surface area contributed by atoms with Crippen LogP contribution in [0, 0.1) is 0 Å². The summed E-state index contributed by atoms with van der Waals surface area (Å²) in [5.74, 6) is 1.82. The summed E-state index contributed by atoms with van der Waals surface area (Å²) in [7, 11) is 0. The molecule has 2 aromatic heterocycles. The lowest BCUT2D eigenvalue weighted by atomic mass is 10.2. The average molecular weight is 221 g/mol. The number of nitrogens with zero attached hydrogens (tertiary/aromatic N) is 4.